The number of fused-ring (bicyclic) bond motifs is 1. The van der Waals surface area contributed by atoms with E-state index in [0.29, 0.717) is 24.3 Å². The molecule has 1 amide bonds. The summed E-state index contributed by atoms with van der Waals surface area (Å²) in [6.07, 6.45) is 2.98. The number of ether oxygens (including phenoxy) is 1. The molecule has 2 saturated heterocycles. The van der Waals surface area contributed by atoms with Gasteiger partial charge in [-0.05, 0) is 33.3 Å². The van der Waals surface area contributed by atoms with Crippen molar-refractivity contribution in [1.82, 2.24) is 9.47 Å². The lowest BCUT2D eigenvalue weighted by Gasteiger charge is -2.29. The van der Waals surface area contributed by atoms with E-state index in [4.69, 9.17) is 4.74 Å². The highest BCUT2D eigenvalue weighted by Gasteiger charge is 2.53. The van der Waals surface area contributed by atoms with E-state index < -0.39 is 12.0 Å². The fraction of sp³-hybridized carbons (Fsp3) is 0.526. The van der Waals surface area contributed by atoms with Crippen LogP contribution in [0.5, 0.6) is 0 Å². The van der Waals surface area contributed by atoms with Crippen LogP contribution in [0.3, 0.4) is 0 Å². The van der Waals surface area contributed by atoms with Crippen LogP contribution in [0.2, 0.25) is 0 Å². The fourth-order valence-corrected chi connectivity index (χ4v) is 5.22. The number of carbonyl (C=O) groups is 3. The summed E-state index contributed by atoms with van der Waals surface area (Å²) >= 11 is 1.61. The average Bonchev–Trinajstić information content (AvgIpc) is 3.19. The first-order valence-corrected chi connectivity index (χ1v) is 9.70. The number of carbonyl (C=O) groups excluding carboxylic acids is 3. The average molecular weight is 376 g/mol. The largest absolute Gasteiger partial charge is 0.456 e. The highest BCUT2D eigenvalue weighted by atomic mass is 32.2. The number of nitrogens with zero attached hydrogens (tertiary/aromatic N) is 2. The number of aryl methyl sites for hydroxylation is 1. The molecule has 3 heterocycles. The van der Waals surface area contributed by atoms with Gasteiger partial charge in [0.15, 0.2) is 6.61 Å². The molecule has 1 aromatic heterocycles. The Morgan fingerprint density at radius 3 is 2.88 bits per heavy atom. The zero-order chi connectivity index (χ0) is 19.1. The number of ketones is 1. The molecule has 6 nitrogen and oxygen atoms in total. The van der Waals surface area contributed by atoms with Crippen LogP contribution in [0, 0.1) is 13.8 Å². The van der Waals surface area contributed by atoms with Crippen LogP contribution < -0.4 is 0 Å². The molecule has 0 saturated carbocycles. The van der Waals surface area contributed by atoms with Crippen LogP contribution in [0.4, 0.5) is 0 Å². The Labute approximate surface area is 157 Å². The first kappa shape index (κ1) is 18.8. The molecule has 0 aromatic carbocycles. The van der Waals surface area contributed by atoms with Crippen molar-refractivity contribution in [2.75, 3.05) is 12.4 Å². The third-order valence-corrected chi connectivity index (χ3v) is 6.75. The predicted molar refractivity (Wildman–Crippen MR) is 100 cm³/mol. The molecule has 140 valence electrons. The summed E-state index contributed by atoms with van der Waals surface area (Å²) in [6, 6.07) is 1.21. The van der Waals surface area contributed by atoms with E-state index >= 15 is 0 Å². The van der Waals surface area contributed by atoms with E-state index in [-0.39, 0.29) is 23.2 Å². The van der Waals surface area contributed by atoms with Crippen LogP contribution in [-0.4, -0.2) is 50.4 Å². The lowest BCUT2D eigenvalue weighted by molar-refractivity contribution is -0.152. The standard InChI is InChI=1S/C19H24N2O4S/c1-5-8-20-12(2)9-14(13(20)3)16(22)10-25-18(24)15-11-26-19(4)7-6-17(23)21(15)19/h5,9,15H,1,6-8,10-11H2,2-4H3/t15-,19-/m1/s1. The summed E-state index contributed by atoms with van der Waals surface area (Å²) in [4.78, 5) is 38.4. The van der Waals surface area contributed by atoms with E-state index in [1.54, 1.807) is 22.7 Å². The smallest absolute Gasteiger partial charge is 0.330 e. The molecule has 3 rings (SSSR count). The topological polar surface area (TPSA) is 68.6 Å². The molecule has 0 radical (unpaired) electrons. The van der Waals surface area contributed by atoms with E-state index in [1.165, 1.54) is 0 Å². The zero-order valence-electron chi connectivity index (χ0n) is 15.4. The second-order valence-corrected chi connectivity index (χ2v) is 8.48. The Bertz CT molecular complexity index is 785. The number of allylic oxidation sites excluding steroid dienone is 1. The van der Waals surface area contributed by atoms with Crippen LogP contribution >= 0.6 is 11.8 Å². The molecule has 2 aliphatic rings. The molecule has 1 aromatic rings. The van der Waals surface area contributed by atoms with Gasteiger partial charge in [0.2, 0.25) is 11.7 Å². The Balaban J connectivity index is 1.65. The molecule has 7 heteroatoms. The van der Waals surface area contributed by atoms with Crippen LogP contribution in [0.15, 0.2) is 18.7 Å². The van der Waals surface area contributed by atoms with Gasteiger partial charge in [0.25, 0.3) is 0 Å². The van der Waals surface area contributed by atoms with Crippen LogP contribution in [0.25, 0.3) is 0 Å². The first-order valence-electron chi connectivity index (χ1n) is 8.72. The molecule has 2 atom stereocenters. The van der Waals surface area contributed by atoms with Crippen molar-refractivity contribution in [3.63, 3.8) is 0 Å². The number of amides is 1. The molecular weight excluding hydrogens is 352 g/mol. The van der Waals surface area contributed by atoms with Crippen LogP contribution in [-0.2, 0) is 20.9 Å². The second kappa shape index (κ2) is 6.95. The Morgan fingerprint density at radius 1 is 1.46 bits per heavy atom. The Kier molecular flexibility index (Phi) is 5.01. The van der Waals surface area contributed by atoms with Gasteiger partial charge in [-0.2, -0.15) is 0 Å². The van der Waals surface area contributed by atoms with E-state index in [2.05, 4.69) is 6.58 Å². The lowest BCUT2D eigenvalue weighted by atomic mass is 10.1. The van der Waals surface area contributed by atoms with Crippen molar-refractivity contribution in [3.8, 4) is 0 Å². The maximum atomic E-state index is 12.5. The number of thioether (sulfide) groups is 1. The van der Waals surface area contributed by atoms with Crippen LogP contribution in [0.1, 0.15) is 41.5 Å². The third-order valence-electron chi connectivity index (χ3n) is 5.25. The molecular formula is C19H24N2O4S. The number of esters is 1. The summed E-state index contributed by atoms with van der Waals surface area (Å²) in [5.74, 6) is -0.227. The fourth-order valence-electron chi connectivity index (χ4n) is 3.80. The third kappa shape index (κ3) is 3.09. The number of hydrogen-bond donors (Lipinski definition) is 0. The summed E-state index contributed by atoms with van der Waals surface area (Å²) in [5, 5.41) is 0. The predicted octanol–water partition coefficient (Wildman–Crippen LogP) is 2.47. The van der Waals surface area contributed by atoms with E-state index in [1.807, 2.05) is 31.4 Å². The SMILES string of the molecule is C=CCn1c(C)cc(C(=O)COC(=O)[C@H]2CS[C@]3(C)CCC(=O)N23)c1C. The summed E-state index contributed by atoms with van der Waals surface area (Å²) in [5.41, 5.74) is 2.35. The van der Waals surface area contributed by atoms with Crippen molar-refractivity contribution < 1.29 is 19.1 Å². The summed E-state index contributed by atoms with van der Waals surface area (Å²) in [6.45, 7) is 9.82. The molecule has 0 bridgehead atoms. The van der Waals surface area contributed by atoms with Gasteiger partial charge in [0, 0.05) is 35.7 Å². The number of rotatable bonds is 6. The van der Waals surface area contributed by atoms with Gasteiger partial charge < -0.3 is 14.2 Å². The molecule has 0 aliphatic carbocycles. The minimum Gasteiger partial charge on any atom is -0.456 e. The van der Waals surface area contributed by atoms with Crippen molar-refractivity contribution >= 4 is 29.4 Å². The van der Waals surface area contributed by atoms with Gasteiger partial charge in [0.05, 0.1) is 4.87 Å². The maximum Gasteiger partial charge on any atom is 0.330 e. The van der Waals surface area contributed by atoms with Gasteiger partial charge >= 0.3 is 5.97 Å². The Morgan fingerprint density at radius 2 is 2.19 bits per heavy atom. The molecule has 26 heavy (non-hydrogen) atoms. The maximum absolute atomic E-state index is 12.5. The highest BCUT2D eigenvalue weighted by molar-refractivity contribution is 8.01. The number of hydrogen-bond acceptors (Lipinski definition) is 5. The van der Waals surface area contributed by atoms with Crippen molar-refractivity contribution in [1.29, 1.82) is 0 Å². The van der Waals surface area contributed by atoms with Gasteiger partial charge in [-0.25, -0.2) is 4.79 Å². The first-order chi connectivity index (χ1) is 12.3. The zero-order valence-corrected chi connectivity index (χ0v) is 16.2. The minimum absolute atomic E-state index is 0.0150. The lowest BCUT2D eigenvalue weighted by Crippen LogP contribution is -2.46. The van der Waals surface area contributed by atoms with Gasteiger partial charge in [-0.15, -0.1) is 18.3 Å². The highest BCUT2D eigenvalue weighted by Crippen LogP contribution is 2.47. The number of aromatic nitrogens is 1. The van der Waals surface area contributed by atoms with Gasteiger partial charge in [-0.1, -0.05) is 6.08 Å². The van der Waals surface area contributed by atoms with Gasteiger partial charge in [0.1, 0.15) is 6.04 Å². The van der Waals surface area contributed by atoms with Crippen molar-refractivity contribution in [2.45, 2.75) is 51.1 Å². The second-order valence-electron chi connectivity index (χ2n) is 6.98. The summed E-state index contributed by atoms with van der Waals surface area (Å²) < 4.78 is 7.27. The Hall–Kier alpha value is -2.02. The van der Waals surface area contributed by atoms with E-state index in [0.717, 1.165) is 17.8 Å². The van der Waals surface area contributed by atoms with E-state index in [9.17, 15) is 14.4 Å². The summed E-state index contributed by atoms with van der Waals surface area (Å²) in [7, 11) is 0. The number of Topliss-reactive ketones (excluding diaryl/α,β-unsaturated/α-hetero) is 1. The molecule has 2 aliphatic heterocycles. The normalized spacial score (nSPS) is 24.7. The molecule has 2 fully saturated rings. The molecule has 0 N–H and O–H groups in total. The minimum atomic E-state index is -0.596. The molecule has 0 unspecified atom stereocenters. The van der Waals surface area contributed by atoms with Gasteiger partial charge in [-0.3, -0.25) is 9.59 Å². The molecule has 0 spiro atoms. The van der Waals surface area contributed by atoms with Crippen molar-refractivity contribution in [2.24, 2.45) is 0 Å². The van der Waals surface area contributed by atoms with Crippen molar-refractivity contribution in [3.05, 3.63) is 35.7 Å². The monoisotopic (exact) mass is 376 g/mol. The quantitative estimate of drug-likeness (QED) is 0.433.